The van der Waals surface area contributed by atoms with Gasteiger partial charge >= 0.3 is 6.09 Å². The third-order valence-electron chi connectivity index (χ3n) is 6.27. The molecule has 3 aliphatic heterocycles. The highest BCUT2D eigenvalue weighted by Crippen LogP contribution is 2.39. The van der Waals surface area contributed by atoms with Crippen LogP contribution in [-0.2, 0) is 20.7 Å². The molecular weight excluding hydrogens is 382 g/mol. The number of anilines is 1. The van der Waals surface area contributed by atoms with Gasteiger partial charge in [-0.05, 0) is 69.6 Å². The first-order chi connectivity index (χ1) is 14.2. The number of amides is 3. The van der Waals surface area contributed by atoms with Crippen LogP contribution in [-0.4, -0.2) is 54.1 Å². The molecule has 3 heterocycles. The molecule has 0 aromatic heterocycles. The molecule has 3 aliphatic rings. The summed E-state index contributed by atoms with van der Waals surface area (Å²) < 4.78 is 5.51. The average molecular weight is 414 g/mol. The summed E-state index contributed by atoms with van der Waals surface area (Å²) in [6.45, 7) is 7.85. The van der Waals surface area contributed by atoms with E-state index in [2.05, 4.69) is 28.4 Å². The number of nitrogens with one attached hydrogen (secondary N) is 1. The molecule has 1 N–H and O–H groups in total. The summed E-state index contributed by atoms with van der Waals surface area (Å²) in [5.41, 5.74) is 3.30. The summed E-state index contributed by atoms with van der Waals surface area (Å²) in [5.74, 6) is 0.0386. The molecule has 162 valence electrons. The Bertz CT molecular complexity index is 852. The Labute approximate surface area is 177 Å². The molecule has 30 heavy (non-hydrogen) atoms. The monoisotopic (exact) mass is 413 g/mol. The second-order valence-corrected chi connectivity index (χ2v) is 9.50. The number of carbonyl (C=O) groups is 3. The minimum Gasteiger partial charge on any atom is -0.444 e. The number of imide groups is 1. The van der Waals surface area contributed by atoms with E-state index in [1.165, 1.54) is 11.1 Å². The van der Waals surface area contributed by atoms with E-state index in [-0.39, 0.29) is 23.9 Å². The fourth-order valence-corrected chi connectivity index (χ4v) is 4.87. The van der Waals surface area contributed by atoms with Crippen LogP contribution in [0.15, 0.2) is 18.2 Å². The van der Waals surface area contributed by atoms with Crippen LogP contribution in [0.2, 0.25) is 0 Å². The second kappa shape index (κ2) is 7.93. The third-order valence-corrected chi connectivity index (χ3v) is 6.27. The minimum absolute atomic E-state index is 0.179. The van der Waals surface area contributed by atoms with Crippen LogP contribution in [0.1, 0.15) is 63.5 Å². The highest BCUT2D eigenvalue weighted by Gasteiger charge is 2.37. The zero-order valence-corrected chi connectivity index (χ0v) is 18.1. The molecule has 0 unspecified atom stereocenters. The number of piperidine rings is 2. The molecule has 0 radical (unpaired) electrons. The van der Waals surface area contributed by atoms with Gasteiger partial charge in [0.05, 0.1) is 0 Å². The van der Waals surface area contributed by atoms with E-state index in [9.17, 15) is 14.4 Å². The van der Waals surface area contributed by atoms with Gasteiger partial charge in [-0.25, -0.2) is 4.79 Å². The van der Waals surface area contributed by atoms with Crippen molar-refractivity contribution in [2.75, 3.05) is 24.5 Å². The highest BCUT2D eigenvalue weighted by molar-refractivity contribution is 6.02. The summed E-state index contributed by atoms with van der Waals surface area (Å²) in [7, 11) is 0. The number of hydrogen-bond donors (Lipinski definition) is 1. The summed E-state index contributed by atoms with van der Waals surface area (Å²) in [5, 5.41) is 2.48. The molecule has 1 aromatic rings. The van der Waals surface area contributed by atoms with Gasteiger partial charge in [-0.1, -0.05) is 12.1 Å². The van der Waals surface area contributed by atoms with Gasteiger partial charge in [-0.3, -0.25) is 14.9 Å². The van der Waals surface area contributed by atoms with Crippen LogP contribution < -0.4 is 10.2 Å². The Morgan fingerprint density at radius 2 is 1.80 bits per heavy atom. The lowest BCUT2D eigenvalue weighted by atomic mass is 9.85. The molecule has 0 aliphatic carbocycles. The number of likely N-dealkylation sites (tertiary alicyclic amines) is 1. The van der Waals surface area contributed by atoms with Crippen molar-refractivity contribution in [1.29, 1.82) is 0 Å². The van der Waals surface area contributed by atoms with Crippen molar-refractivity contribution in [3.05, 3.63) is 29.3 Å². The molecule has 7 nitrogen and oxygen atoms in total. The van der Waals surface area contributed by atoms with E-state index in [0.717, 1.165) is 31.5 Å². The second-order valence-electron chi connectivity index (χ2n) is 9.50. The van der Waals surface area contributed by atoms with E-state index in [4.69, 9.17) is 4.74 Å². The Hall–Kier alpha value is -2.57. The molecule has 1 atom stereocenters. The van der Waals surface area contributed by atoms with Crippen molar-refractivity contribution in [3.8, 4) is 0 Å². The molecule has 0 bridgehead atoms. The van der Waals surface area contributed by atoms with E-state index >= 15 is 0 Å². The standard InChI is InChI=1S/C23H31N3O4/c1-23(2,3)30-22(29)25-12-9-15(10-13-25)16-5-4-6-18-17(16)11-14-26(18)19-7-8-20(27)24-21(19)28/h4-6,15,19H,7-14H2,1-3H3,(H,24,27,28)/t19-/m0/s1. The molecule has 0 spiro atoms. The normalized spacial score (nSPS) is 22.7. The Kier molecular flexibility index (Phi) is 5.47. The van der Waals surface area contributed by atoms with Crippen LogP contribution in [0.3, 0.4) is 0 Å². The van der Waals surface area contributed by atoms with Crippen molar-refractivity contribution >= 4 is 23.6 Å². The van der Waals surface area contributed by atoms with Gasteiger partial charge in [0.1, 0.15) is 11.6 Å². The van der Waals surface area contributed by atoms with E-state index in [1.807, 2.05) is 20.8 Å². The average Bonchev–Trinajstić information content (AvgIpc) is 3.11. The van der Waals surface area contributed by atoms with Crippen molar-refractivity contribution in [1.82, 2.24) is 10.2 Å². The van der Waals surface area contributed by atoms with E-state index in [1.54, 1.807) is 4.90 Å². The quantitative estimate of drug-likeness (QED) is 0.754. The lowest BCUT2D eigenvalue weighted by Crippen LogP contribution is -2.52. The van der Waals surface area contributed by atoms with Gasteiger partial charge in [-0.2, -0.15) is 0 Å². The summed E-state index contributed by atoms with van der Waals surface area (Å²) in [4.78, 5) is 40.2. The fraction of sp³-hybridized carbons (Fsp3) is 0.609. The van der Waals surface area contributed by atoms with Crippen LogP contribution in [0.5, 0.6) is 0 Å². The fourth-order valence-electron chi connectivity index (χ4n) is 4.87. The Balaban J connectivity index is 1.45. The summed E-state index contributed by atoms with van der Waals surface area (Å²) >= 11 is 0. The number of ether oxygens (including phenoxy) is 1. The van der Waals surface area contributed by atoms with Crippen LogP contribution in [0.25, 0.3) is 0 Å². The van der Waals surface area contributed by atoms with Gasteiger partial charge in [0, 0.05) is 31.7 Å². The minimum atomic E-state index is -0.479. The lowest BCUT2D eigenvalue weighted by molar-refractivity contribution is -0.134. The summed E-state index contributed by atoms with van der Waals surface area (Å²) in [6, 6.07) is 6.08. The predicted octanol–water partition coefficient (Wildman–Crippen LogP) is 2.97. The zero-order valence-electron chi connectivity index (χ0n) is 18.1. The molecule has 7 heteroatoms. The maximum Gasteiger partial charge on any atom is 0.410 e. The SMILES string of the molecule is CC(C)(C)OC(=O)N1CCC(c2cccc3c2CCN3[C@H]2CCC(=O)NC2=O)CC1. The number of fused-ring (bicyclic) bond motifs is 1. The maximum atomic E-state index is 12.4. The van der Waals surface area contributed by atoms with Crippen molar-refractivity contribution < 1.29 is 19.1 Å². The predicted molar refractivity (Wildman–Crippen MR) is 113 cm³/mol. The smallest absolute Gasteiger partial charge is 0.410 e. The van der Waals surface area contributed by atoms with Crippen LogP contribution in [0, 0.1) is 0 Å². The number of nitrogens with zero attached hydrogens (tertiary/aromatic N) is 2. The number of rotatable bonds is 2. The van der Waals surface area contributed by atoms with Gasteiger partial charge in [0.15, 0.2) is 0 Å². The van der Waals surface area contributed by atoms with Crippen molar-refractivity contribution in [3.63, 3.8) is 0 Å². The molecule has 3 amide bonds. The topological polar surface area (TPSA) is 79.0 Å². The van der Waals surface area contributed by atoms with Crippen LogP contribution >= 0.6 is 0 Å². The first-order valence-electron chi connectivity index (χ1n) is 10.9. The van der Waals surface area contributed by atoms with Gasteiger partial charge in [0.25, 0.3) is 0 Å². The third kappa shape index (κ3) is 4.16. The largest absolute Gasteiger partial charge is 0.444 e. The van der Waals surface area contributed by atoms with E-state index in [0.29, 0.717) is 31.8 Å². The molecular formula is C23H31N3O4. The van der Waals surface area contributed by atoms with Crippen molar-refractivity contribution in [2.45, 2.75) is 70.4 Å². The number of benzene rings is 1. The molecule has 0 saturated carbocycles. The summed E-state index contributed by atoms with van der Waals surface area (Å²) in [6.07, 6.45) is 3.47. The highest BCUT2D eigenvalue weighted by atomic mass is 16.6. The Morgan fingerprint density at radius 1 is 1.07 bits per heavy atom. The lowest BCUT2D eigenvalue weighted by Gasteiger charge is -2.34. The van der Waals surface area contributed by atoms with E-state index < -0.39 is 5.60 Å². The van der Waals surface area contributed by atoms with Crippen LogP contribution in [0.4, 0.5) is 10.5 Å². The van der Waals surface area contributed by atoms with Gasteiger partial charge in [-0.15, -0.1) is 0 Å². The molecule has 1 aromatic carbocycles. The van der Waals surface area contributed by atoms with Gasteiger partial charge in [0.2, 0.25) is 11.8 Å². The first-order valence-corrected chi connectivity index (χ1v) is 10.9. The zero-order chi connectivity index (χ0) is 21.5. The number of hydrogen-bond acceptors (Lipinski definition) is 5. The maximum absolute atomic E-state index is 12.4. The van der Waals surface area contributed by atoms with Gasteiger partial charge < -0.3 is 14.5 Å². The number of carbonyl (C=O) groups excluding carboxylic acids is 3. The van der Waals surface area contributed by atoms with Crippen molar-refractivity contribution in [2.24, 2.45) is 0 Å². The molecule has 2 fully saturated rings. The molecule has 2 saturated heterocycles. The molecule has 4 rings (SSSR count). The first kappa shape index (κ1) is 20.7. The Morgan fingerprint density at radius 3 is 2.47 bits per heavy atom.